The molecule has 160 valence electrons. The first kappa shape index (κ1) is 23.0. The van der Waals surface area contributed by atoms with E-state index in [0.29, 0.717) is 17.8 Å². The molecule has 2 rings (SSSR count). The summed E-state index contributed by atoms with van der Waals surface area (Å²) >= 11 is 0. The van der Waals surface area contributed by atoms with Crippen LogP contribution in [-0.2, 0) is 19.1 Å². The molecule has 0 radical (unpaired) electrons. The van der Waals surface area contributed by atoms with Gasteiger partial charge in [0, 0.05) is 19.8 Å². The van der Waals surface area contributed by atoms with Crippen LogP contribution in [0, 0.1) is 22.7 Å². The minimum absolute atomic E-state index is 0.0997. The zero-order valence-electron chi connectivity index (χ0n) is 19.0. The molecule has 0 spiro atoms. The highest BCUT2D eigenvalue weighted by Crippen LogP contribution is 2.63. The lowest BCUT2D eigenvalue weighted by molar-refractivity contribution is -0.201. The van der Waals surface area contributed by atoms with Crippen molar-refractivity contribution in [2.45, 2.75) is 105 Å². The van der Waals surface area contributed by atoms with E-state index in [1.165, 1.54) is 26.7 Å². The third-order valence-corrected chi connectivity index (χ3v) is 7.85. The molecule has 0 heterocycles. The number of carbonyl (C=O) groups excluding carboxylic acids is 2. The second-order valence-electron chi connectivity index (χ2n) is 10.5. The summed E-state index contributed by atoms with van der Waals surface area (Å²) in [5, 5.41) is 0. The van der Waals surface area contributed by atoms with Crippen molar-refractivity contribution in [2.24, 2.45) is 22.7 Å². The van der Waals surface area contributed by atoms with Crippen LogP contribution in [0.2, 0.25) is 0 Å². The number of fused-ring (bicyclic) bond motifs is 1. The van der Waals surface area contributed by atoms with E-state index in [1.54, 1.807) is 6.08 Å². The molecule has 0 bridgehead atoms. The molecule has 4 heteroatoms. The van der Waals surface area contributed by atoms with Gasteiger partial charge in [0.05, 0.1) is 0 Å². The van der Waals surface area contributed by atoms with Crippen LogP contribution in [0.15, 0.2) is 12.7 Å². The van der Waals surface area contributed by atoms with Gasteiger partial charge in [-0.1, -0.05) is 33.8 Å². The average Bonchev–Trinajstić information content (AvgIpc) is 2.51. The standard InChI is InChI=1S/C24H40O4/c1-9-22(6,27-17(2)25)15-11-20-23(7)14-10-13-21(4,5)19(23)12-16-24(20,8)28-18(3)26/h9,19-20H,1,10-16H2,2-8H3/t19-,20-,22+,23-,24+/m0/s1. The van der Waals surface area contributed by atoms with Gasteiger partial charge in [-0.25, -0.2) is 0 Å². The van der Waals surface area contributed by atoms with Crippen molar-refractivity contribution in [1.82, 2.24) is 0 Å². The molecular weight excluding hydrogens is 352 g/mol. The predicted molar refractivity (Wildman–Crippen MR) is 112 cm³/mol. The second-order valence-corrected chi connectivity index (χ2v) is 10.5. The topological polar surface area (TPSA) is 52.6 Å². The van der Waals surface area contributed by atoms with Crippen LogP contribution in [0.5, 0.6) is 0 Å². The van der Waals surface area contributed by atoms with Crippen LogP contribution in [0.1, 0.15) is 93.4 Å². The minimum atomic E-state index is -0.698. The Kier molecular flexibility index (Phi) is 6.43. The van der Waals surface area contributed by atoms with Gasteiger partial charge in [-0.3, -0.25) is 9.59 Å². The summed E-state index contributed by atoms with van der Waals surface area (Å²) < 4.78 is 11.6. The molecule has 2 aliphatic rings. The third kappa shape index (κ3) is 4.46. The summed E-state index contributed by atoms with van der Waals surface area (Å²) in [5.41, 5.74) is -0.789. The highest BCUT2D eigenvalue weighted by molar-refractivity contribution is 5.67. The summed E-state index contributed by atoms with van der Waals surface area (Å²) in [5.74, 6) is 0.316. The number of rotatable bonds is 6. The van der Waals surface area contributed by atoms with E-state index in [0.717, 1.165) is 25.7 Å². The molecule has 0 aromatic heterocycles. The molecule has 5 atom stereocenters. The number of ether oxygens (including phenoxy) is 2. The predicted octanol–water partition coefficient (Wildman–Crippen LogP) is 5.84. The quantitative estimate of drug-likeness (QED) is 0.421. The molecule has 28 heavy (non-hydrogen) atoms. The van der Waals surface area contributed by atoms with Crippen molar-refractivity contribution in [3.05, 3.63) is 12.7 Å². The molecule has 0 aliphatic heterocycles. The van der Waals surface area contributed by atoms with E-state index >= 15 is 0 Å². The summed E-state index contributed by atoms with van der Waals surface area (Å²) in [6.45, 7) is 18.1. The van der Waals surface area contributed by atoms with Gasteiger partial charge in [-0.2, -0.15) is 0 Å². The first-order valence-electron chi connectivity index (χ1n) is 10.8. The summed E-state index contributed by atoms with van der Waals surface area (Å²) in [6.07, 6.45) is 8.83. The van der Waals surface area contributed by atoms with Gasteiger partial charge < -0.3 is 9.47 Å². The molecular formula is C24H40O4. The first-order chi connectivity index (χ1) is 12.8. The third-order valence-electron chi connectivity index (χ3n) is 7.85. The van der Waals surface area contributed by atoms with E-state index in [9.17, 15) is 9.59 Å². The van der Waals surface area contributed by atoms with Gasteiger partial charge in [-0.15, -0.1) is 0 Å². The average molecular weight is 393 g/mol. The lowest BCUT2D eigenvalue weighted by atomic mass is 9.45. The summed E-state index contributed by atoms with van der Waals surface area (Å²) in [4.78, 5) is 23.5. The highest BCUT2D eigenvalue weighted by atomic mass is 16.6. The molecule has 0 saturated heterocycles. The van der Waals surface area contributed by atoms with Crippen molar-refractivity contribution < 1.29 is 19.1 Å². The molecule has 0 amide bonds. The van der Waals surface area contributed by atoms with Crippen molar-refractivity contribution in [1.29, 1.82) is 0 Å². The van der Waals surface area contributed by atoms with E-state index in [1.807, 2.05) is 6.92 Å². The second kappa shape index (κ2) is 7.84. The van der Waals surface area contributed by atoms with Gasteiger partial charge in [0.15, 0.2) is 0 Å². The molecule has 2 fully saturated rings. The summed E-state index contributed by atoms with van der Waals surface area (Å²) in [6, 6.07) is 0. The molecule has 4 nitrogen and oxygen atoms in total. The SMILES string of the molecule is C=C[C@](C)(CC[C@H]1[C@@]2(C)CCCC(C)(C)[C@@H]2CC[C@@]1(C)OC(C)=O)OC(C)=O. The lowest BCUT2D eigenvalue weighted by Gasteiger charge is -2.62. The molecule has 0 unspecified atom stereocenters. The Morgan fingerprint density at radius 3 is 2.29 bits per heavy atom. The number of hydrogen-bond acceptors (Lipinski definition) is 4. The van der Waals surface area contributed by atoms with Crippen LogP contribution in [0.3, 0.4) is 0 Å². The fourth-order valence-corrected chi connectivity index (χ4v) is 6.65. The van der Waals surface area contributed by atoms with Crippen LogP contribution < -0.4 is 0 Å². The van der Waals surface area contributed by atoms with Crippen LogP contribution in [-0.4, -0.2) is 23.1 Å². The van der Waals surface area contributed by atoms with Gasteiger partial charge in [-0.05, 0) is 75.2 Å². The molecule has 2 aliphatic carbocycles. The van der Waals surface area contributed by atoms with E-state index in [-0.39, 0.29) is 23.3 Å². The largest absolute Gasteiger partial charge is 0.459 e. The van der Waals surface area contributed by atoms with Gasteiger partial charge in [0.25, 0.3) is 0 Å². The van der Waals surface area contributed by atoms with Crippen LogP contribution in [0.25, 0.3) is 0 Å². The molecule has 0 aromatic carbocycles. The molecule has 2 saturated carbocycles. The Morgan fingerprint density at radius 1 is 1.11 bits per heavy atom. The van der Waals surface area contributed by atoms with Crippen molar-refractivity contribution in [2.75, 3.05) is 0 Å². The Morgan fingerprint density at radius 2 is 1.75 bits per heavy atom. The van der Waals surface area contributed by atoms with Gasteiger partial charge >= 0.3 is 11.9 Å². The molecule has 0 aromatic rings. The van der Waals surface area contributed by atoms with Gasteiger partial charge in [0.2, 0.25) is 0 Å². The first-order valence-corrected chi connectivity index (χ1v) is 10.8. The minimum Gasteiger partial charge on any atom is -0.459 e. The Balaban J connectivity index is 2.37. The maximum absolute atomic E-state index is 11.9. The number of carbonyl (C=O) groups is 2. The zero-order valence-corrected chi connectivity index (χ0v) is 19.0. The normalized spacial score (nSPS) is 36.5. The van der Waals surface area contributed by atoms with Crippen LogP contribution >= 0.6 is 0 Å². The van der Waals surface area contributed by atoms with Crippen molar-refractivity contribution >= 4 is 11.9 Å². The smallest absolute Gasteiger partial charge is 0.303 e. The zero-order chi connectivity index (χ0) is 21.4. The van der Waals surface area contributed by atoms with Gasteiger partial charge in [0.1, 0.15) is 11.2 Å². The van der Waals surface area contributed by atoms with E-state index in [4.69, 9.17) is 9.47 Å². The Hall–Kier alpha value is -1.32. The summed E-state index contributed by atoms with van der Waals surface area (Å²) in [7, 11) is 0. The fourth-order valence-electron chi connectivity index (χ4n) is 6.65. The number of hydrogen-bond donors (Lipinski definition) is 0. The Bertz CT molecular complexity index is 624. The monoisotopic (exact) mass is 392 g/mol. The highest BCUT2D eigenvalue weighted by Gasteiger charge is 2.59. The van der Waals surface area contributed by atoms with E-state index < -0.39 is 11.2 Å². The fraction of sp³-hybridized carbons (Fsp3) is 0.833. The molecule has 0 N–H and O–H groups in total. The number of esters is 2. The lowest BCUT2D eigenvalue weighted by Crippen LogP contribution is -2.59. The van der Waals surface area contributed by atoms with Crippen molar-refractivity contribution in [3.8, 4) is 0 Å². The Labute approximate surface area is 171 Å². The maximum Gasteiger partial charge on any atom is 0.303 e. The van der Waals surface area contributed by atoms with E-state index in [2.05, 4.69) is 34.3 Å². The van der Waals surface area contributed by atoms with Crippen LogP contribution in [0.4, 0.5) is 0 Å². The maximum atomic E-state index is 11.9. The van der Waals surface area contributed by atoms with Crippen molar-refractivity contribution in [3.63, 3.8) is 0 Å².